The first-order valence-corrected chi connectivity index (χ1v) is 5.76. The fraction of sp³-hybridized carbons (Fsp3) is 0.500. The summed E-state index contributed by atoms with van der Waals surface area (Å²) < 4.78 is 37.3. The highest BCUT2D eigenvalue weighted by Gasteiger charge is 2.34. The zero-order valence-electron chi connectivity index (χ0n) is 11.0. The SMILES string of the molecule is CNc1ccc(C(=O)N(CC(F)(F)F)C(C)C)nc1. The van der Waals surface area contributed by atoms with Gasteiger partial charge in [-0.1, -0.05) is 0 Å². The molecule has 7 heteroatoms. The lowest BCUT2D eigenvalue weighted by molar-refractivity contribution is -0.143. The number of alkyl halides is 3. The molecule has 0 aliphatic heterocycles. The summed E-state index contributed by atoms with van der Waals surface area (Å²) >= 11 is 0. The van der Waals surface area contributed by atoms with Gasteiger partial charge in [-0.25, -0.2) is 4.98 Å². The average Bonchev–Trinajstić information content (AvgIpc) is 2.34. The quantitative estimate of drug-likeness (QED) is 0.918. The normalized spacial score (nSPS) is 11.5. The molecule has 1 amide bonds. The lowest BCUT2D eigenvalue weighted by Crippen LogP contribution is -2.43. The van der Waals surface area contributed by atoms with Gasteiger partial charge in [0.25, 0.3) is 5.91 Å². The minimum Gasteiger partial charge on any atom is -0.387 e. The number of hydrogen-bond acceptors (Lipinski definition) is 3. The van der Waals surface area contributed by atoms with Crippen LogP contribution in [-0.4, -0.2) is 41.6 Å². The molecule has 0 saturated heterocycles. The van der Waals surface area contributed by atoms with Crippen molar-refractivity contribution in [1.29, 1.82) is 0 Å². The van der Waals surface area contributed by atoms with E-state index >= 15 is 0 Å². The van der Waals surface area contributed by atoms with Crippen LogP contribution in [0.2, 0.25) is 0 Å². The van der Waals surface area contributed by atoms with Crippen molar-refractivity contribution in [3.8, 4) is 0 Å². The van der Waals surface area contributed by atoms with Crippen LogP contribution in [0.15, 0.2) is 18.3 Å². The first-order chi connectivity index (χ1) is 8.74. The van der Waals surface area contributed by atoms with Gasteiger partial charge in [-0.3, -0.25) is 4.79 Å². The third kappa shape index (κ3) is 4.42. The molecule has 1 N–H and O–H groups in total. The molecule has 0 spiro atoms. The van der Waals surface area contributed by atoms with Crippen molar-refractivity contribution in [2.45, 2.75) is 26.1 Å². The monoisotopic (exact) mass is 275 g/mol. The molecule has 0 aliphatic rings. The van der Waals surface area contributed by atoms with Crippen LogP contribution in [0.4, 0.5) is 18.9 Å². The highest BCUT2D eigenvalue weighted by Crippen LogP contribution is 2.19. The fourth-order valence-corrected chi connectivity index (χ4v) is 1.50. The van der Waals surface area contributed by atoms with Crippen LogP contribution < -0.4 is 5.32 Å². The molecule has 0 bridgehead atoms. The first kappa shape index (κ1) is 15.3. The summed E-state index contributed by atoms with van der Waals surface area (Å²) in [5, 5.41) is 2.82. The Bertz CT molecular complexity index is 429. The molecule has 0 fully saturated rings. The van der Waals surface area contributed by atoms with E-state index in [1.165, 1.54) is 26.1 Å². The highest BCUT2D eigenvalue weighted by atomic mass is 19.4. The second kappa shape index (κ2) is 5.90. The molecule has 19 heavy (non-hydrogen) atoms. The van der Waals surface area contributed by atoms with Crippen molar-refractivity contribution in [1.82, 2.24) is 9.88 Å². The molecule has 0 aromatic carbocycles. The molecule has 1 heterocycles. The van der Waals surface area contributed by atoms with E-state index in [2.05, 4.69) is 10.3 Å². The molecule has 0 radical (unpaired) electrons. The summed E-state index contributed by atoms with van der Waals surface area (Å²) in [5.74, 6) is -0.727. The topological polar surface area (TPSA) is 45.2 Å². The van der Waals surface area contributed by atoms with Crippen molar-refractivity contribution < 1.29 is 18.0 Å². The van der Waals surface area contributed by atoms with Gasteiger partial charge >= 0.3 is 6.18 Å². The number of nitrogens with one attached hydrogen (secondary N) is 1. The predicted octanol–water partition coefficient (Wildman–Crippen LogP) is 2.54. The molecule has 1 aromatic rings. The Balaban J connectivity index is 2.92. The number of rotatable bonds is 4. The lowest BCUT2D eigenvalue weighted by Gasteiger charge is -2.27. The summed E-state index contributed by atoms with van der Waals surface area (Å²) in [6.45, 7) is 1.79. The smallest absolute Gasteiger partial charge is 0.387 e. The number of nitrogens with zero attached hydrogens (tertiary/aromatic N) is 2. The second-order valence-corrected chi connectivity index (χ2v) is 4.32. The summed E-state index contributed by atoms with van der Waals surface area (Å²) in [7, 11) is 1.68. The van der Waals surface area contributed by atoms with Crippen LogP contribution in [0.5, 0.6) is 0 Å². The van der Waals surface area contributed by atoms with Gasteiger partial charge in [0.1, 0.15) is 12.2 Å². The van der Waals surface area contributed by atoms with Crippen LogP contribution in [0.3, 0.4) is 0 Å². The van der Waals surface area contributed by atoms with Crippen molar-refractivity contribution in [3.63, 3.8) is 0 Å². The number of carbonyl (C=O) groups is 1. The van der Waals surface area contributed by atoms with Crippen LogP contribution in [-0.2, 0) is 0 Å². The highest BCUT2D eigenvalue weighted by molar-refractivity contribution is 5.92. The minimum absolute atomic E-state index is 0.00282. The Labute approximate surface area is 109 Å². The largest absolute Gasteiger partial charge is 0.406 e. The van der Waals surface area contributed by atoms with E-state index in [0.29, 0.717) is 5.69 Å². The van der Waals surface area contributed by atoms with Gasteiger partial charge in [0.2, 0.25) is 0 Å². The van der Waals surface area contributed by atoms with Gasteiger partial charge in [-0.15, -0.1) is 0 Å². The average molecular weight is 275 g/mol. The maximum absolute atomic E-state index is 12.4. The number of carbonyl (C=O) groups excluding carboxylic acids is 1. The Kier molecular flexibility index (Phi) is 4.74. The van der Waals surface area contributed by atoms with E-state index in [-0.39, 0.29) is 5.69 Å². The second-order valence-electron chi connectivity index (χ2n) is 4.32. The van der Waals surface area contributed by atoms with E-state index < -0.39 is 24.7 Å². The standard InChI is InChI=1S/C12H16F3N3O/c1-8(2)18(7-12(13,14)15)11(19)10-5-4-9(16-3)6-17-10/h4-6,8,16H,7H2,1-3H3. The maximum atomic E-state index is 12.4. The zero-order valence-corrected chi connectivity index (χ0v) is 11.0. The summed E-state index contributed by atoms with van der Waals surface area (Å²) in [4.78, 5) is 16.6. The molecule has 106 valence electrons. The van der Waals surface area contributed by atoms with Gasteiger partial charge in [0.05, 0.1) is 11.9 Å². The minimum atomic E-state index is -4.43. The number of pyridine rings is 1. The van der Waals surface area contributed by atoms with E-state index in [0.717, 1.165) is 4.90 Å². The van der Waals surface area contributed by atoms with E-state index in [4.69, 9.17) is 0 Å². The van der Waals surface area contributed by atoms with Gasteiger partial charge in [0, 0.05) is 13.1 Å². The Morgan fingerprint density at radius 3 is 2.42 bits per heavy atom. The number of hydrogen-bond donors (Lipinski definition) is 1. The van der Waals surface area contributed by atoms with E-state index in [9.17, 15) is 18.0 Å². The van der Waals surface area contributed by atoms with Crippen LogP contribution in [0.1, 0.15) is 24.3 Å². The maximum Gasteiger partial charge on any atom is 0.406 e. The van der Waals surface area contributed by atoms with Crippen LogP contribution >= 0.6 is 0 Å². The van der Waals surface area contributed by atoms with Gasteiger partial charge in [0.15, 0.2) is 0 Å². The molecule has 0 unspecified atom stereocenters. The first-order valence-electron chi connectivity index (χ1n) is 5.76. The van der Waals surface area contributed by atoms with Crippen molar-refractivity contribution in [3.05, 3.63) is 24.0 Å². The Hall–Kier alpha value is -1.79. The molecule has 4 nitrogen and oxygen atoms in total. The van der Waals surface area contributed by atoms with Gasteiger partial charge in [-0.2, -0.15) is 13.2 Å². The van der Waals surface area contributed by atoms with E-state index in [1.54, 1.807) is 13.1 Å². The van der Waals surface area contributed by atoms with Crippen LogP contribution in [0.25, 0.3) is 0 Å². The van der Waals surface area contributed by atoms with Crippen molar-refractivity contribution in [2.24, 2.45) is 0 Å². The summed E-state index contributed by atoms with van der Waals surface area (Å²) in [6.07, 6.45) is -3.02. The molecule has 0 atom stereocenters. The van der Waals surface area contributed by atoms with Crippen molar-refractivity contribution in [2.75, 3.05) is 18.9 Å². The molecule has 0 aliphatic carbocycles. The number of amides is 1. The summed E-state index contributed by atoms with van der Waals surface area (Å²) in [5.41, 5.74) is 0.681. The Morgan fingerprint density at radius 2 is 2.05 bits per heavy atom. The molecule has 1 aromatic heterocycles. The lowest BCUT2D eigenvalue weighted by atomic mass is 10.2. The van der Waals surface area contributed by atoms with Gasteiger partial charge < -0.3 is 10.2 Å². The number of anilines is 1. The van der Waals surface area contributed by atoms with Gasteiger partial charge in [-0.05, 0) is 26.0 Å². The van der Waals surface area contributed by atoms with Crippen molar-refractivity contribution >= 4 is 11.6 Å². The fourth-order valence-electron chi connectivity index (χ4n) is 1.50. The molecule has 0 saturated carbocycles. The predicted molar refractivity (Wildman–Crippen MR) is 66.0 cm³/mol. The molecular weight excluding hydrogens is 259 g/mol. The van der Waals surface area contributed by atoms with E-state index in [1.807, 2.05) is 0 Å². The zero-order chi connectivity index (χ0) is 14.6. The number of halogens is 3. The molecular formula is C12H16F3N3O. The third-order valence-corrected chi connectivity index (χ3v) is 2.51. The molecule has 1 rings (SSSR count). The van der Waals surface area contributed by atoms with Crippen LogP contribution in [0, 0.1) is 0 Å². The summed E-state index contributed by atoms with van der Waals surface area (Å²) in [6, 6.07) is 2.44. The Morgan fingerprint density at radius 1 is 1.42 bits per heavy atom. The number of aromatic nitrogens is 1. The third-order valence-electron chi connectivity index (χ3n) is 2.51.